The zero-order valence-electron chi connectivity index (χ0n) is 6.84. The minimum Gasteiger partial charge on any atom is -0.365 e. The van der Waals surface area contributed by atoms with E-state index in [0.29, 0.717) is 12.5 Å². The monoisotopic (exact) mass is 164 g/mol. The fourth-order valence-electron chi connectivity index (χ4n) is 1.16. The third-order valence-electron chi connectivity index (χ3n) is 1.96. The number of nitrogens with one attached hydrogen (secondary N) is 2. The van der Waals surface area contributed by atoms with E-state index in [1.165, 1.54) is 0 Å². The Morgan fingerprint density at radius 3 is 3.08 bits per heavy atom. The van der Waals surface area contributed by atoms with E-state index in [-0.39, 0.29) is 5.91 Å². The highest BCUT2D eigenvalue weighted by molar-refractivity contribution is 5.78. The molecule has 3 nitrogen and oxygen atoms in total. The smallest absolute Gasteiger partial charge is 0.226 e. The molecule has 2 N–H and O–H groups in total. The van der Waals surface area contributed by atoms with Gasteiger partial charge in [-0.3, -0.25) is 4.79 Å². The van der Waals surface area contributed by atoms with E-state index in [1.54, 1.807) is 0 Å². The molecule has 12 heavy (non-hydrogen) atoms. The molecule has 2 rings (SSSR count). The van der Waals surface area contributed by atoms with Gasteiger partial charge in [-0.15, -0.1) is 0 Å². The predicted molar refractivity (Wildman–Crippen MR) is 45.7 cm³/mol. The molecule has 64 valence electrons. The summed E-state index contributed by atoms with van der Waals surface area (Å²) in [5, 5.41) is 2.93. The van der Waals surface area contributed by atoms with Gasteiger partial charge in [0.15, 0.2) is 0 Å². The van der Waals surface area contributed by atoms with E-state index in [2.05, 4.69) is 10.3 Å². The summed E-state index contributed by atoms with van der Waals surface area (Å²) in [4.78, 5) is 14.2. The Balaban J connectivity index is 1.82. The molecule has 1 fully saturated rings. The van der Waals surface area contributed by atoms with Crippen molar-refractivity contribution in [2.75, 3.05) is 0 Å². The minimum absolute atomic E-state index is 0.125. The van der Waals surface area contributed by atoms with Gasteiger partial charge in [-0.05, 0) is 25.0 Å². The molecule has 1 aromatic heterocycles. The summed E-state index contributed by atoms with van der Waals surface area (Å²) in [6.45, 7) is 0. The van der Waals surface area contributed by atoms with Crippen LogP contribution in [0.2, 0.25) is 0 Å². The fourth-order valence-corrected chi connectivity index (χ4v) is 1.16. The summed E-state index contributed by atoms with van der Waals surface area (Å²) in [5.41, 5.74) is 0.980. The predicted octanol–water partition coefficient (Wildman–Crippen LogP) is 0.836. The number of carbonyl (C=O) groups is 1. The lowest BCUT2D eigenvalue weighted by Gasteiger charge is -2.00. The van der Waals surface area contributed by atoms with Crippen molar-refractivity contribution in [1.29, 1.82) is 0 Å². The lowest BCUT2D eigenvalue weighted by Crippen LogP contribution is -2.27. The van der Waals surface area contributed by atoms with Crippen LogP contribution in [-0.2, 0) is 11.2 Å². The van der Waals surface area contributed by atoms with E-state index >= 15 is 0 Å². The second-order valence-corrected chi connectivity index (χ2v) is 3.21. The van der Waals surface area contributed by atoms with Crippen molar-refractivity contribution in [2.24, 2.45) is 0 Å². The van der Waals surface area contributed by atoms with Gasteiger partial charge < -0.3 is 10.3 Å². The van der Waals surface area contributed by atoms with E-state index in [0.717, 1.165) is 18.5 Å². The van der Waals surface area contributed by atoms with Crippen molar-refractivity contribution >= 4 is 5.91 Å². The maximum Gasteiger partial charge on any atom is 0.226 e. The zero-order chi connectivity index (χ0) is 8.39. The number of carbonyl (C=O) groups excluding carboxylic acids is 1. The number of H-pyrrole nitrogens is 1. The second-order valence-electron chi connectivity index (χ2n) is 3.21. The van der Waals surface area contributed by atoms with E-state index in [1.807, 2.05) is 18.3 Å². The van der Waals surface area contributed by atoms with Crippen molar-refractivity contribution in [3.8, 4) is 0 Å². The molecule has 0 atom stereocenters. The van der Waals surface area contributed by atoms with Gasteiger partial charge in [0.2, 0.25) is 5.91 Å². The van der Waals surface area contributed by atoms with Crippen molar-refractivity contribution in [3.63, 3.8) is 0 Å². The standard InChI is InChI=1S/C9H12N2O/c12-9(11-7-3-4-7)6-8-2-1-5-10-8/h1-2,5,7,10H,3-4,6H2,(H,11,12). The first-order valence-corrected chi connectivity index (χ1v) is 4.26. The Morgan fingerprint density at radius 1 is 1.67 bits per heavy atom. The highest BCUT2D eigenvalue weighted by Crippen LogP contribution is 2.18. The molecule has 0 spiro atoms. The number of hydrogen-bond donors (Lipinski definition) is 2. The molecule has 0 aromatic carbocycles. The van der Waals surface area contributed by atoms with Crippen molar-refractivity contribution in [1.82, 2.24) is 10.3 Å². The number of aromatic amines is 1. The highest BCUT2D eigenvalue weighted by atomic mass is 16.1. The number of rotatable bonds is 3. The summed E-state index contributed by atoms with van der Waals surface area (Å²) in [7, 11) is 0. The maximum absolute atomic E-state index is 11.2. The lowest BCUT2D eigenvalue weighted by molar-refractivity contribution is -0.120. The topological polar surface area (TPSA) is 44.9 Å². The maximum atomic E-state index is 11.2. The Morgan fingerprint density at radius 2 is 2.50 bits per heavy atom. The molecule has 1 amide bonds. The third-order valence-corrected chi connectivity index (χ3v) is 1.96. The van der Waals surface area contributed by atoms with Gasteiger partial charge >= 0.3 is 0 Å². The molecule has 1 aliphatic carbocycles. The average Bonchev–Trinajstić information content (AvgIpc) is 2.66. The second kappa shape index (κ2) is 3.01. The molecular formula is C9H12N2O. The lowest BCUT2D eigenvalue weighted by atomic mass is 10.3. The van der Waals surface area contributed by atoms with Gasteiger partial charge in [0.05, 0.1) is 6.42 Å². The largest absolute Gasteiger partial charge is 0.365 e. The fraction of sp³-hybridized carbons (Fsp3) is 0.444. The Kier molecular flexibility index (Phi) is 1.86. The summed E-state index contributed by atoms with van der Waals surface area (Å²) in [6.07, 6.45) is 4.61. The Hall–Kier alpha value is -1.25. The van der Waals surface area contributed by atoms with Gasteiger partial charge in [-0.2, -0.15) is 0 Å². The van der Waals surface area contributed by atoms with Crippen LogP contribution < -0.4 is 5.32 Å². The molecule has 1 aromatic rings. The van der Waals surface area contributed by atoms with Crippen LogP contribution in [0.25, 0.3) is 0 Å². The minimum atomic E-state index is 0.125. The van der Waals surface area contributed by atoms with E-state index in [9.17, 15) is 4.79 Å². The summed E-state index contributed by atoms with van der Waals surface area (Å²) < 4.78 is 0. The van der Waals surface area contributed by atoms with Crippen LogP contribution in [0.15, 0.2) is 18.3 Å². The highest BCUT2D eigenvalue weighted by Gasteiger charge is 2.22. The van der Waals surface area contributed by atoms with E-state index < -0.39 is 0 Å². The van der Waals surface area contributed by atoms with Gasteiger partial charge in [-0.1, -0.05) is 0 Å². The van der Waals surface area contributed by atoms with Gasteiger partial charge in [-0.25, -0.2) is 0 Å². The molecule has 0 radical (unpaired) electrons. The first kappa shape index (κ1) is 7.40. The zero-order valence-corrected chi connectivity index (χ0v) is 6.84. The van der Waals surface area contributed by atoms with E-state index in [4.69, 9.17) is 0 Å². The van der Waals surface area contributed by atoms with Gasteiger partial charge in [0.1, 0.15) is 0 Å². The van der Waals surface area contributed by atoms with Crippen LogP contribution in [0, 0.1) is 0 Å². The number of amides is 1. The van der Waals surface area contributed by atoms with Gasteiger partial charge in [0, 0.05) is 17.9 Å². The van der Waals surface area contributed by atoms with Gasteiger partial charge in [0.25, 0.3) is 0 Å². The van der Waals surface area contributed by atoms with Crippen LogP contribution in [0.1, 0.15) is 18.5 Å². The molecule has 1 heterocycles. The number of hydrogen-bond acceptors (Lipinski definition) is 1. The molecule has 0 bridgehead atoms. The average molecular weight is 164 g/mol. The van der Waals surface area contributed by atoms with Crippen molar-refractivity contribution in [3.05, 3.63) is 24.0 Å². The molecule has 1 saturated carbocycles. The molecule has 3 heteroatoms. The molecule has 0 aliphatic heterocycles. The van der Waals surface area contributed by atoms with Crippen LogP contribution in [0.3, 0.4) is 0 Å². The van der Waals surface area contributed by atoms with Crippen molar-refractivity contribution in [2.45, 2.75) is 25.3 Å². The van der Waals surface area contributed by atoms with Crippen LogP contribution in [0.5, 0.6) is 0 Å². The summed E-state index contributed by atoms with van der Waals surface area (Å²) >= 11 is 0. The molecule has 0 unspecified atom stereocenters. The Bertz CT molecular complexity index is 262. The summed E-state index contributed by atoms with van der Waals surface area (Å²) in [5.74, 6) is 0.125. The molecular weight excluding hydrogens is 152 g/mol. The first-order chi connectivity index (χ1) is 5.84. The van der Waals surface area contributed by atoms with Crippen LogP contribution >= 0.6 is 0 Å². The van der Waals surface area contributed by atoms with Crippen LogP contribution in [0.4, 0.5) is 0 Å². The summed E-state index contributed by atoms with van der Waals surface area (Å²) in [6, 6.07) is 4.29. The number of aromatic nitrogens is 1. The SMILES string of the molecule is O=C(Cc1ccc[nH]1)NC1CC1. The van der Waals surface area contributed by atoms with Crippen LogP contribution in [-0.4, -0.2) is 16.9 Å². The molecule has 1 aliphatic rings. The van der Waals surface area contributed by atoms with Crippen molar-refractivity contribution < 1.29 is 4.79 Å². The molecule has 0 saturated heterocycles. The normalized spacial score (nSPS) is 16.0. The first-order valence-electron chi connectivity index (χ1n) is 4.26. The quantitative estimate of drug-likeness (QED) is 0.683. The third kappa shape index (κ3) is 1.87. The Labute approximate surface area is 71.2 Å².